The Morgan fingerprint density at radius 3 is 2.82 bits per heavy atom. The van der Waals surface area contributed by atoms with Gasteiger partial charge in [-0.2, -0.15) is 4.99 Å². The molecule has 0 fully saturated rings. The lowest BCUT2D eigenvalue weighted by molar-refractivity contribution is -0.447. The third kappa shape index (κ3) is 3.15. The fourth-order valence-corrected chi connectivity index (χ4v) is 1.18. The minimum absolute atomic E-state index is 0.135. The summed E-state index contributed by atoms with van der Waals surface area (Å²) in [5.41, 5.74) is 5.71. The number of aliphatic hydroxyl groups is 1. The van der Waals surface area contributed by atoms with Crippen LogP contribution in [0.15, 0.2) is 28.2 Å². The van der Waals surface area contributed by atoms with E-state index in [-0.39, 0.29) is 23.7 Å². The van der Waals surface area contributed by atoms with Gasteiger partial charge < -0.3 is 15.6 Å². The zero-order valence-electron chi connectivity index (χ0n) is 9.56. The van der Waals surface area contributed by atoms with Gasteiger partial charge in [-0.05, 0) is 13.8 Å². The van der Waals surface area contributed by atoms with E-state index in [0.717, 1.165) is 6.08 Å². The maximum absolute atomic E-state index is 11.4. The molecule has 1 aliphatic heterocycles. The van der Waals surface area contributed by atoms with Crippen LogP contribution in [0.5, 0.6) is 0 Å². The number of nitrogens with two attached hydrogens (primary N) is 2. The van der Waals surface area contributed by atoms with Gasteiger partial charge in [-0.3, -0.25) is 0 Å². The monoisotopic (exact) mass is 240 g/mol. The molecule has 0 unspecified atom stereocenters. The van der Waals surface area contributed by atoms with Crippen molar-refractivity contribution < 1.29 is 24.7 Å². The van der Waals surface area contributed by atoms with Gasteiger partial charge in [-0.1, -0.05) is 0 Å². The third-order valence-electron chi connectivity index (χ3n) is 2.07. The molecule has 5 N–H and O–H groups in total. The molecule has 1 amide bonds. The zero-order valence-corrected chi connectivity index (χ0v) is 9.56. The number of esters is 1. The molecular weight excluding hydrogens is 226 g/mol. The van der Waals surface area contributed by atoms with E-state index >= 15 is 0 Å². The topological polar surface area (TPSA) is 119 Å². The molecule has 92 valence electrons. The first-order valence-corrected chi connectivity index (χ1v) is 4.97. The highest BCUT2D eigenvalue weighted by atomic mass is 16.5. The molecule has 0 saturated heterocycles. The van der Waals surface area contributed by atoms with E-state index in [4.69, 9.17) is 10.5 Å². The van der Waals surface area contributed by atoms with Crippen LogP contribution in [0.2, 0.25) is 0 Å². The molecule has 1 heterocycles. The quantitative estimate of drug-likeness (QED) is 0.418. The molecule has 7 heteroatoms. The van der Waals surface area contributed by atoms with Gasteiger partial charge in [-0.15, -0.1) is 0 Å². The molecule has 1 rings (SSSR count). The fourth-order valence-electron chi connectivity index (χ4n) is 1.18. The first-order chi connectivity index (χ1) is 7.95. The van der Waals surface area contributed by atoms with Gasteiger partial charge in [0.1, 0.15) is 11.8 Å². The standard InChI is InChI=1S/C10H13N3O4/c1-3-17-10(16)8(11)5(2)9-12-6(14)4-7(15)13-9/h4H,3,11H2,1-2H3,(H2,12,13,14,15)/p+1/b8-5-. The number of aliphatic hydroxyl groups excluding tert-OH is 1. The second-order valence-electron chi connectivity index (χ2n) is 3.31. The molecule has 0 aromatic heterocycles. The van der Waals surface area contributed by atoms with E-state index in [1.807, 2.05) is 0 Å². The molecule has 0 saturated carbocycles. The Kier molecular flexibility index (Phi) is 4.00. The summed E-state index contributed by atoms with van der Waals surface area (Å²) in [6.45, 7) is 3.38. The number of carbonyl (C=O) groups is 2. The van der Waals surface area contributed by atoms with Crippen molar-refractivity contribution in [1.82, 2.24) is 0 Å². The number of rotatable bonds is 3. The molecule has 0 radical (unpaired) electrons. The highest BCUT2D eigenvalue weighted by Crippen LogP contribution is 2.04. The Labute approximate surface area is 97.7 Å². The minimum Gasteiger partial charge on any atom is -0.493 e. The predicted octanol–water partition coefficient (Wildman–Crippen LogP) is -1.32. The largest absolute Gasteiger partial charge is 0.493 e. The van der Waals surface area contributed by atoms with Crippen LogP contribution < -0.4 is 11.1 Å². The molecule has 7 nitrogen and oxygen atoms in total. The molecule has 1 aliphatic rings. The van der Waals surface area contributed by atoms with Crippen molar-refractivity contribution in [2.24, 2.45) is 10.7 Å². The number of hydrogen-bond acceptors (Lipinski definition) is 6. The van der Waals surface area contributed by atoms with Crippen molar-refractivity contribution >= 4 is 17.7 Å². The second-order valence-corrected chi connectivity index (χ2v) is 3.31. The maximum atomic E-state index is 11.4. The summed E-state index contributed by atoms with van der Waals surface area (Å²) in [5.74, 6) is -1.35. The van der Waals surface area contributed by atoms with Gasteiger partial charge in [0.2, 0.25) is 11.7 Å². The van der Waals surface area contributed by atoms with Crippen LogP contribution in [0.25, 0.3) is 0 Å². The first kappa shape index (κ1) is 12.9. The number of hydrogen-bond donors (Lipinski definition) is 3. The van der Waals surface area contributed by atoms with E-state index in [1.54, 1.807) is 6.92 Å². The zero-order chi connectivity index (χ0) is 13.0. The van der Waals surface area contributed by atoms with E-state index in [0.29, 0.717) is 0 Å². The fraction of sp³-hybridized carbons (Fsp3) is 0.300. The summed E-state index contributed by atoms with van der Waals surface area (Å²) in [5, 5.41) is 10.4. The first-order valence-electron chi connectivity index (χ1n) is 4.97. The lowest BCUT2D eigenvalue weighted by Crippen LogP contribution is -2.92. The Balaban J connectivity index is 3.00. The normalized spacial score (nSPS) is 16.9. The van der Waals surface area contributed by atoms with Crippen LogP contribution in [0.3, 0.4) is 0 Å². The molecule has 0 aromatic carbocycles. The number of ether oxygens (including phenoxy) is 1. The maximum Gasteiger partial charge on any atom is 0.354 e. The van der Waals surface area contributed by atoms with Crippen molar-refractivity contribution in [3.05, 3.63) is 23.2 Å². The predicted molar refractivity (Wildman–Crippen MR) is 58.6 cm³/mol. The molecule has 0 aromatic rings. The Hall–Kier alpha value is -2.15. The Morgan fingerprint density at radius 1 is 1.65 bits per heavy atom. The summed E-state index contributed by atoms with van der Waals surface area (Å²) in [4.78, 5) is 26.2. The molecule has 17 heavy (non-hydrogen) atoms. The van der Waals surface area contributed by atoms with Crippen molar-refractivity contribution in [3.63, 3.8) is 0 Å². The number of aliphatic imine (C=N–C) groups is 1. The van der Waals surface area contributed by atoms with Crippen molar-refractivity contribution in [2.45, 2.75) is 13.8 Å². The molecule has 0 bridgehead atoms. The number of quaternary nitrogens is 1. The molecule has 0 atom stereocenters. The van der Waals surface area contributed by atoms with Gasteiger partial charge in [0.05, 0.1) is 12.2 Å². The smallest absolute Gasteiger partial charge is 0.354 e. The van der Waals surface area contributed by atoms with Crippen LogP contribution >= 0.6 is 0 Å². The van der Waals surface area contributed by atoms with E-state index in [1.165, 1.54) is 12.2 Å². The number of carbonyl (C=O) groups excluding carboxylic acids is 2. The van der Waals surface area contributed by atoms with Gasteiger partial charge in [0, 0.05) is 0 Å². The average Bonchev–Trinajstić information content (AvgIpc) is 2.26. The van der Waals surface area contributed by atoms with Crippen molar-refractivity contribution in [2.75, 3.05) is 6.61 Å². The van der Waals surface area contributed by atoms with Gasteiger partial charge in [-0.25, -0.2) is 14.9 Å². The van der Waals surface area contributed by atoms with E-state index < -0.39 is 17.8 Å². The number of amidine groups is 1. The summed E-state index contributed by atoms with van der Waals surface area (Å²) in [7, 11) is 0. The summed E-state index contributed by atoms with van der Waals surface area (Å²) in [6.07, 6.45) is 0.970. The van der Waals surface area contributed by atoms with Crippen LogP contribution in [-0.2, 0) is 14.3 Å². The highest BCUT2D eigenvalue weighted by Gasteiger charge is 2.23. The Morgan fingerprint density at radius 2 is 2.29 bits per heavy atom. The third-order valence-corrected chi connectivity index (χ3v) is 2.07. The molecule has 0 spiro atoms. The van der Waals surface area contributed by atoms with Gasteiger partial charge >= 0.3 is 11.9 Å². The average molecular weight is 240 g/mol. The van der Waals surface area contributed by atoms with E-state index in [2.05, 4.69) is 4.99 Å². The van der Waals surface area contributed by atoms with Crippen LogP contribution in [-0.4, -0.2) is 29.4 Å². The lowest BCUT2D eigenvalue weighted by Gasteiger charge is -2.09. The second kappa shape index (κ2) is 5.26. The summed E-state index contributed by atoms with van der Waals surface area (Å²) in [6, 6.07) is 0. The van der Waals surface area contributed by atoms with Crippen LogP contribution in [0.1, 0.15) is 13.8 Å². The lowest BCUT2D eigenvalue weighted by atomic mass is 10.2. The van der Waals surface area contributed by atoms with Crippen LogP contribution in [0.4, 0.5) is 0 Å². The molecule has 0 aliphatic carbocycles. The SMILES string of the molecule is CCOC(=O)/C(N)=C(\C)C1=NC(O)=CC(=O)[NH2+]1. The number of amides is 1. The van der Waals surface area contributed by atoms with Gasteiger partial charge in [0.25, 0.3) is 0 Å². The van der Waals surface area contributed by atoms with Crippen molar-refractivity contribution in [1.29, 1.82) is 0 Å². The minimum atomic E-state index is -0.678. The number of nitrogens with zero attached hydrogens (tertiary/aromatic N) is 1. The van der Waals surface area contributed by atoms with Crippen molar-refractivity contribution in [3.8, 4) is 0 Å². The Bertz CT molecular complexity index is 448. The van der Waals surface area contributed by atoms with E-state index in [9.17, 15) is 14.7 Å². The highest BCUT2D eigenvalue weighted by molar-refractivity contribution is 6.04. The number of primary amides is 1. The summed E-state index contributed by atoms with van der Waals surface area (Å²) < 4.78 is 4.72. The summed E-state index contributed by atoms with van der Waals surface area (Å²) >= 11 is 0. The van der Waals surface area contributed by atoms with Gasteiger partial charge in [0.15, 0.2) is 0 Å². The van der Waals surface area contributed by atoms with Crippen LogP contribution in [0, 0.1) is 0 Å². The molecular formula is C10H14N3O4+.